The molecule has 5 heteroatoms. The van der Waals surface area contributed by atoms with Gasteiger partial charge >= 0.3 is 0 Å². The molecule has 5 nitrogen and oxygen atoms in total. The number of nitrogens with one attached hydrogen (secondary N) is 1. The first-order chi connectivity index (χ1) is 13.5. The summed E-state index contributed by atoms with van der Waals surface area (Å²) in [7, 11) is 0. The molecule has 1 atom stereocenters. The second kappa shape index (κ2) is 7.30. The summed E-state index contributed by atoms with van der Waals surface area (Å²) in [6.45, 7) is 8.78. The number of nitrogens with zero attached hydrogens (tertiary/aromatic N) is 2. The molecule has 2 aromatic carbocycles. The fraction of sp³-hybridized carbons (Fsp3) is 0.391. The molecule has 2 aliphatic rings. The fourth-order valence-corrected chi connectivity index (χ4v) is 4.15. The van der Waals surface area contributed by atoms with Crippen LogP contribution in [0.1, 0.15) is 30.0 Å². The highest BCUT2D eigenvalue weighted by Crippen LogP contribution is 2.32. The Bertz CT molecular complexity index is 937. The van der Waals surface area contributed by atoms with Gasteiger partial charge in [0.15, 0.2) is 0 Å². The Labute approximate surface area is 166 Å². The molecule has 0 spiro atoms. The highest BCUT2D eigenvalue weighted by Gasteiger charge is 2.37. The number of fused-ring (bicyclic) bond motifs is 1. The van der Waals surface area contributed by atoms with Gasteiger partial charge in [-0.25, -0.2) is 0 Å². The van der Waals surface area contributed by atoms with Crippen LogP contribution in [0.5, 0.6) is 0 Å². The first kappa shape index (κ1) is 18.5. The molecule has 146 valence electrons. The van der Waals surface area contributed by atoms with E-state index in [0.29, 0.717) is 13.0 Å². The van der Waals surface area contributed by atoms with E-state index in [1.807, 2.05) is 37.3 Å². The van der Waals surface area contributed by atoms with Gasteiger partial charge in [0, 0.05) is 36.7 Å². The number of hydrogen-bond acceptors (Lipinski definition) is 3. The number of aryl methyl sites for hydroxylation is 2. The van der Waals surface area contributed by atoms with E-state index in [1.54, 1.807) is 4.90 Å². The highest BCUT2D eigenvalue weighted by atomic mass is 16.2. The van der Waals surface area contributed by atoms with Crippen molar-refractivity contribution in [1.29, 1.82) is 0 Å². The van der Waals surface area contributed by atoms with Gasteiger partial charge < -0.3 is 15.1 Å². The second-order valence-corrected chi connectivity index (χ2v) is 7.76. The summed E-state index contributed by atoms with van der Waals surface area (Å²) in [4.78, 5) is 29.7. The van der Waals surface area contributed by atoms with Crippen LogP contribution in [0.2, 0.25) is 0 Å². The molecule has 0 aliphatic carbocycles. The van der Waals surface area contributed by atoms with Crippen LogP contribution in [-0.4, -0.2) is 31.4 Å². The smallest absolute Gasteiger partial charge is 0.239 e. The molecule has 1 fully saturated rings. The van der Waals surface area contributed by atoms with Crippen molar-refractivity contribution in [3.63, 3.8) is 0 Å². The molecular formula is C23H27N3O2. The van der Waals surface area contributed by atoms with Gasteiger partial charge in [0.25, 0.3) is 0 Å². The van der Waals surface area contributed by atoms with E-state index < -0.39 is 5.92 Å². The van der Waals surface area contributed by atoms with Crippen LogP contribution in [0.15, 0.2) is 36.4 Å². The summed E-state index contributed by atoms with van der Waals surface area (Å²) >= 11 is 0. The van der Waals surface area contributed by atoms with Crippen molar-refractivity contribution in [2.24, 2.45) is 5.92 Å². The lowest BCUT2D eigenvalue weighted by atomic mass is 10.1. The molecule has 2 aliphatic heterocycles. The summed E-state index contributed by atoms with van der Waals surface area (Å²) in [5.41, 5.74) is 6.49. The van der Waals surface area contributed by atoms with Crippen LogP contribution in [0.4, 0.5) is 17.1 Å². The first-order valence-electron chi connectivity index (χ1n) is 10.1. The summed E-state index contributed by atoms with van der Waals surface area (Å²) in [6, 6.07) is 12.1. The maximum absolute atomic E-state index is 12.9. The Morgan fingerprint density at radius 1 is 1.11 bits per heavy atom. The number of carbonyl (C=O) groups excluding carboxylic acids is 2. The van der Waals surface area contributed by atoms with Crippen LogP contribution in [0, 0.1) is 19.8 Å². The topological polar surface area (TPSA) is 52.7 Å². The third-order valence-corrected chi connectivity index (χ3v) is 6.05. The van der Waals surface area contributed by atoms with E-state index in [-0.39, 0.29) is 11.8 Å². The zero-order valence-corrected chi connectivity index (χ0v) is 16.8. The van der Waals surface area contributed by atoms with Gasteiger partial charge in [-0.15, -0.1) is 0 Å². The highest BCUT2D eigenvalue weighted by molar-refractivity contribution is 6.13. The first-order valence-corrected chi connectivity index (χ1v) is 10.1. The van der Waals surface area contributed by atoms with Crippen molar-refractivity contribution in [2.45, 2.75) is 33.6 Å². The number of benzene rings is 2. The molecule has 1 unspecified atom stereocenters. The average Bonchev–Trinajstić information content (AvgIpc) is 3.27. The van der Waals surface area contributed by atoms with Gasteiger partial charge in [0.05, 0.1) is 0 Å². The number of amides is 2. The van der Waals surface area contributed by atoms with E-state index in [4.69, 9.17) is 0 Å². The third-order valence-electron chi connectivity index (χ3n) is 6.05. The average molecular weight is 377 g/mol. The molecule has 1 N–H and O–H groups in total. The summed E-state index contributed by atoms with van der Waals surface area (Å²) in [5, 5.41) is 2.97. The summed E-state index contributed by atoms with van der Waals surface area (Å²) < 4.78 is 0. The fourth-order valence-electron chi connectivity index (χ4n) is 4.15. The zero-order chi connectivity index (χ0) is 19.8. The Balaban J connectivity index is 1.47. The molecule has 0 radical (unpaired) electrons. The Morgan fingerprint density at radius 3 is 2.68 bits per heavy atom. The zero-order valence-electron chi connectivity index (χ0n) is 16.8. The second-order valence-electron chi connectivity index (χ2n) is 7.76. The lowest BCUT2D eigenvalue weighted by Crippen LogP contribution is -2.33. The van der Waals surface area contributed by atoms with Crippen molar-refractivity contribution in [2.75, 3.05) is 34.8 Å². The molecule has 0 aromatic heterocycles. The molecule has 28 heavy (non-hydrogen) atoms. The monoisotopic (exact) mass is 377 g/mol. The van der Waals surface area contributed by atoms with Crippen LogP contribution in [-0.2, 0) is 16.0 Å². The summed E-state index contributed by atoms with van der Waals surface area (Å²) in [5.74, 6) is -0.952. The van der Waals surface area contributed by atoms with Crippen LogP contribution in [0.3, 0.4) is 0 Å². The van der Waals surface area contributed by atoms with Gasteiger partial charge in [-0.2, -0.15) is 0 Å². The minimum Gasteiger partial charge on any atom is -0.371 e. The van der Waals surface area contributed by atoms with Crippen molar-refractivity contribution >= 4 is 28.9 Å². The molecule has 1 saturated heterocycles. The molecule has 2 amide bonds. The van der Waals surface area contributed by atoms with Crippen molar-refractivity contribution in [3.8, 4) is 0 Å². The molecule has 0 saturated carbocycles. The van der Waals surface area contributed by atoms with Gasteiger partial charge in [-0.3, -0.25) is 9.59 Å². The third kappa shape index (κ3) is 3.26. The minimum atomic E-state index is -0.628. The van der Waals surface area contributed by atoms with Gasteiger partial charge in [-0.05, 0) is 74.6 Å². The van der Waals surface area contributed by atoms with Gasteiger partial charge in [0.1, 0.15) is 5.92 Å². The van der Waals surface area contributed by atoms with E-state index in [1.165, 1.54) is 16.8 Å². The van der Waals surface area contributed by atoms with E-state index >= 15 is 0 Å². The van der Waals surface area contributed by atoms with E-state index in [2.05, 4.69) is 30.1 Å². The summed E-state index contributed by atoms with van der Waals surface area (Å²) in [6.07, 6.45) is 1.59. The maximum Gasteiger partial charge on any atom is 0.239 e. The lowest BCUT2D eigenvalue weighted by molar-refractivity contribution is -0.129. The molecular weight excluding hydrogens is 350 g/mol. The number of likely N-dealkylation sites (N-methyl/N-ethyl adjacent to an activating group) is 1. The Morgan fingerprint density at radius 2 is 1.93 bits per heavy atom. The Hall–Kier alpha value is -2.82. The lowest BCUT2D eigenvalue weighted by Gasteiger charge is -2.19. The predicted octanol–water partition coefficient (Wildman–Crippen LogP) is 3.68. The molecule has 4 rings (SSSR count). The van der Waals surface area contributed by atoms with Crippen LogP contribution >= 0.6 is 0 Å². The predicted molar refractivity (Wildman–Crippen MR) is 113 cm³/mol. The normalized spacial score (nSPS) is 18.5. The van der Waals surface area contributed by atoms with Crippen molar-refractivity contribution in [1.82, 2.24) is 0 Å². The Kier molecular flexibility index (Phi) is 4.84. The number of hydrogen-bond donors (Lipinski definition) is 1. The molecule has 2 heterocycles. The standard InChI is InChI=1S/C23H27N3O2/c1-4-25-11-9-17-6-7-18(14-21(17)25)24-22(27)20-10-12-26(23(20)28)19-8-5-15(2)16(3)13-19/h5-8,13-14,20H,4,9-12H2,1-3H3,(H,24,27). The van der Waals surface area contributed by atoms with Gasteiger partial charge in [0.2, 0.25) is 11.8 Å². The maximum atomic E-state index is 12.9. The SMILES string of the molecule is CCN1CCc2ccc(NC(=O)C3CCN(c4ccc(C)c(C)c4)C3=O)cc21. The number of carbonyl (C=O) groups is 2. The quantitative estimate of drug-likeness (QED) is 0.827. The van der Waals surface area contributed by atoms with E-state index in [9.17, 15) is 9.59 Å². The van der Waals surface area contributed by atoms with Crippen LogP contribution < -0.4 is 15.1 Å². The molecule has 2 aromatic rings. The number of rotatable bonds is 4. The largest absolute Gasteiger partial charge is 0.371 e. The van der Waals surface area contributed by atoms with Crippen molar-refractivity contribution in [3.05, 3.63) is 53.1 Å². The van der Waals surface area contributed by atoms with Gasteiger partial charge in [-0.1, -0.05) is 12.1 Å². The molecule has 0 bridgehead atoms. The van der Waals surface area contributed by atoms with Crippen LogP contribution in [0.25, 0.3) is 0 Å². The number of anilines is 3. The minimum absolute atomic E-state index is 0.114. The van der Waals surface area contributed by atoms with E-state index in [0.717, 1.165) is 36.4 Å². The van der Waals surface area contributed by atoms with Crippen molar-refractivity contribution < 1.29 is 9.59 Å².